The van der Waals surface area contributed by atoms with Crippen molar-refractivity contribution in [2.75, 3.05) is 0 Å². The van der Waals surface area contributed by atoms with E-state index in [2.05, 4.69) is 0 Å². The Morgan fingerprint density at radius 3 is 2.21 bits per heavy atom. The summed E-state index contributed by atoms with van der Waals surface area (Å²) < 4.78 is 29.3. The lowest BCUT2D eigenvalue weighted by Crippen LogP contribution is -2.10. The van der Waals surface area contributed by atoms with E-state index < -0.39 is 10.1 Å². The van der Waals surface area contributed by atoms with Crippen LogP contribution in [0.4, 0.5) is 0 Å². The molecule has 0 aliphatic carbocycles. The van der Waals surface area contributed by atoms with E-state index in [1.807, 2.05) is 6.92 Å². The Balaban J connectivity index is 2.33. The summed E-state index contributed by atoms with van der Waals surface area (Å²) in [6, 6.07) is 11.3. The Morgan fingerprint density at radius 2 is 1.63 bits per heavy atom. The Labute approximate surface area is 117 Å². The average Bonchev–Trinajstić information content (AvgIpc) is 2.33. The Hall–Kier alpha value is -1.52. The minimum atomic E-state index is -3.81. The Kier molecular flexibility index (Phi) is 3.83. The molecule has 0 amide bonds. The molecule has 0 saturated carbocycles. The van der Waals surface area contributed by atoms with E-state index in [9.17, 15) is 8.42 Å². The van der Waals surface area contributed by atoms with Gasteiger partial charge in [-0.25, -0.2) is 0 Å². The molecule has 2 aromatic carbocycles. The minimum Gasteiger partial charge on any atom is -0.379 e. The smallest absolute Gasteiger partial charge is 0.339 e. The highest BCUT2D eigenvalue weighted by atomic mass is 35.5. The summed E-state index contributed by atoms with van der Waals surface area (Å²) >= 11 is 5.82. The van der Waals surface area contributed by atoms with Crippen LogP contribution in [0.15, 0.2) is 47.4 Å². The summed E-state index contributed by atoms with van der Waals surface area (Å²) in [6.07, 6.45) is 0. The van der Waals surface area contributed by atoms with Crippen molar-refractivity contribution >= 4 is 21.7 Å². The Morgan fingerprint density at radius 1 is 1.00 bits per heavy atom. The highest BCUT2D eigenvalue weighted by Crippen LogP contribution is 2.25. The number of benzene rings is 2. The first-order valence-corrected chi connectivity index (χ1v) is 7.44. The van der Waals surface area contributed by atoms with E-state index in [0.29, 0.717) is 10.6 Å². The van der Waals surface area contributed by atoms with Gasteiger partial charge in [0.25, 0.3) is 0 Å². The average molecular weight is 297 g/mol. The lowest BCUT2D eigenvalue weighted by molar-refractivity contribution is 0.484. The molecule has 0 fully saturated rings. The molecule has 100 valence electrons. The standard InChI is InChI=1S/C14H13ClO3S/c1-10-3-6-13(7-4-10)19(16,17)18-14-8-5-12(15)9-11(14)2/h3-9H,1-2H3. The van der Waals surface area contributed by atoms with Gasteiger partial charge in [-0.1, -0.05) is 29.3 Å². The molecule has 3 nitrogen and oxygen atoms in total. The molecule has 0 saturated heterocycles. The van der Waals surface area contributed by atoms with Gasteiger partial charge >= 0.3 is 10.1 Å². The maximum absolute atomic E-state index is 12.1. The normalized spacial score (nSPS) is 11.3. The SMILES string of the molecule is Cc1ccc(S(=O)(=O)Oc2ccc(Cl)cc2C)cc1. The van der Waals surface area contributed by atoms with Crippen molar-refractivity contribution in [3.8, 4) is 5.75 Å². The van der Waals surface area contributed by atoms with Crippen LogP contribution in [0.5, 0.6) is 5.75 Å². The van der Waals surface area contributed by atoms with Gasteiger partial charge < -0.3 is 4.18 Å². The molecule has 5 heteroatoms. The van der Waals surface area contributed by atoms with Gasteiger partial charge in [0.15, 0.2) is 0 Å². The molecule has 0 N–H and O–H groups in total. The number of aryl methyl sites for hydroxylation is 2. The molecule has 0 unspecified atom stereocenters. The van der Waals surface area contributed by atoms with Crippen molar-refractivity contribution in [2.24, 2.45) is 0 Å². The molecular formula is C14H13ClO3S. The first-order valence-electron chi connectivity index (χ1n) is 5.66. The van der Waals surface area contributed by atoms with Gasteiger partial charge in [0.2, 0.25) is 0 Å². The fourth-order valence-corrected chi connectivity index (χ4v) is 2.79. The van der Waals surface area contributed by atoms with Crippen molar-refractivity contribution in [3.05, 3.63) is 58.6 Å². The second-order valence-electron chi connectivity index (χ2n) is 4.26. The third kappa shape index (κ3) is 3.28. The monoisotopic (exact) mass is 296 g/mol. The molecule has 0 aliphatic heterocycles. The van der Waals surface area contributed by atoms with Gasteiger partial charge in [-0.15, -0.1) is 0 Å². The maximum Gasteiger partial charge on any atom is 0.339 e. The first-order chi connectivity index (χ1) is 8.88. The topological polar surface area (TPSA) is 43.4 Å². The molecule has 0 aromatic heterocycles. The van der Waals surface area contributed by atoms with Crippen LogP contribution >= 0.6 is 11.6 Å². The summed E-state index contributed by atoms with van der Waals surface area (Å²) in [6.45, 7) is 3.63. The van der Waals surface area contributed by atoms with Crippen molar-refractivity contribution < 1.29 is 12.6 Å². The first kappa shape index (κ1) is 13.9. The molecule has 0 radical (unpaired) electrons. The number of halogens is 1. The van der Waals surface area contributed by atoms with Crippen LogP contribution in [-0.4, -0.2) is 8.42 Å². The molecule has 2 rings (SSSR count). The van der Waals surface area contributed by atoms with Crippen LogP contribution in [0.1, 0.15) is 11.1 Å². The largest absolute Gasteiger partial charge is 0.379 e. The molecule has 2 aromatic rings. The number of hydrogen-bond acceptors (Lipinski definition) is 3. The fraction of sp³-hybridized carbons (Fsp3) is 0.143. The maximum atomic E-state index is 12.1. The molecular weight excluding hydrogens is 284 g/mol. The third-order valence-corrected chi connectivity index (χ3v) is 4.13. The highest BCUT2D eigenvalue weighted by molar-refractivity contribution is 7.87. The highest BCUT2D eigenvalue weighted by Gasteiger charge is 2.17. The molecule has 19 heavy (non-hydrogen) atoms. The molecule has 0 aliphatic rings. The predicted octanol–water partition coefficient (Wildman–Crippen LogP) is 3.72. The fourth-order valence-electron chi connectivity index (χ4n) is 1.58. The number of hydrogen-bond donors (Lipinski definition) is 0. The van der Waals surface area contributed by atoms with Gasteiger partial charge in [0.1, 0.15) is 10.6 Å². The van der Waals surface area contributed by atoms with E-state index >= 15 is 0 Å². The van der Waals surface area contributed by atoms with Crippen LogP contribution in [0.2, 0.25) is 5.02 Å². The van der Waals surface area contributed by atoms with Crippen molar-refractivity contribution in [3.63, 3.8) is 0 Å². The summed E-state index contributed by atoms with van der Waals surface area (Å²) in [4.78, 5) is 0.132. The minimum absolute atomic E-state index is 0.132. The van der Waals surface area contributed by atoms with Gasteiger partial charge in [0.05, 0.1) is 0 Å². The van der Waals surface area contributed by atoms with Gasteiger partial charge in [0, 0.05) is 5.02 Å². The van der Waals surface area contributed by atoms with Crippen LogP contribution in [0.25, 0.3) is 0 Å². The lowest BCUT2D eigenvalue weighted by Gasteiger charge is -2.09. The van der Waals surface area contributed by atoms with Crippen molar-refractivity contribution in [1.82, 2.24) is 0 Å². The van der Waals surface area contributed by atoms with Gasteiger partial charge in [-0.2, -0.15) is 8.42 Å². The molecule has 0 heterocycles. The van der Waals surface area contributed by atoms with Crippen LogP contribution in [0, 0.1) is 13.8 Å². The van der Waals surface area contributed by atoms with E-state index in [0.717, 1.165) is 5.56 Å². The zero-order valence-electron chi connectivity index (χ0n) is 10.6. The lowest BCUT2D eigenvalue weighted by atomic mass is 10.2. The summed E-state index contributed by atoms with van der Waals surface area (Å²) in [5, 5.41) is 0.539. The van der Waals surface area contributed by atoms with E-state index in [4.69, 9.17) is 15.8 Å². The van der Waals surface area contributed by atoms with Gasteiger partial charge in [-0.05, 0) is 49.7 Å². The predicted molar refractivity (Wildman–Crippen MR) is 75.2 cm³/mol. The van der Waals surface area contributed by atoms with E-state index in [1.54, 1.807) is 37.3 Å². The third-order valence-electron chi connectivity index (χ3n) is 2.65. The van der Waals surface area contributed by atoms with Crippen LogP contribution in [0.3, 0.4) is 0 Å². The van der Waals surface area contributed by atoms with Crippen molar-refractivity contribution in [1.29, 1.82) is 0 Å². The van der Waals surface area contributed by atoms with E-state index in [-0.39, 0.29) is 10.6 Å². The zero-order chi connectivity index (χ0) is 14.0. The summed E-state index contributed by atoms with van der Waals surface area (Å²) in [7, 11) is -3.81. The Bertz CT molecular complexity index is 691. The summed E-state index contributed by atoms with van der Waals surface area (Å²) in [5.74, 6) is 0.282. The molecule has 0 spiro atoms. The quantitative estimate of drug-likeness (QED) is 0.811. The number of rotatable bonds is 3. The summed E-state index contributed by atoms with van der Waals surface area (Å²) in [5.41, 5.74) is 1.66. The van der Waals surface area contributed by atoms with E-state index in [1.165, 1.54) is 12.1 Å². The second kappa shape index (κ2) is 5.23. The van der Waals surface area contributed by atoms with Gasteiger partial charge in [-0.3, -0.25) is 0 Å². The van der Waals surface area contributed by atoms with Crippen LogP contribution in [-0.2, 0) is 10.1 Å². The zero-order valence-corrected chi connectivity index (χ0v) is 12.1. The molecule has 0 bridgehead atoms. The van der Waals surface area contributed by atoms with Crippen LogP contribution < -0.4 is 4.18 Å². The van der Waals surface area contributed by atoms with Crippen molar-refractivity contribution in [2.45, 2.75) is 18.7 Å². The molecule has 0 atom stereocenters. The second-order valence-corrected chi connectivity index (χ2v) is 6.24.